The normalized spacial score (nSPS) is 13.2. The molecule has 0 radical (unpaired) electrons. The predicted molar refractivity (Wildman–Crippen MR) is 38.2 cm³/mol. The number of carbonyl (C=O) groups excluding carboxylic acids is 1. The Kier molecular flexibility index (Phi) is 3.79. The van der Waals surface area contributed by atoms with Crippen molar-refractivity contribution in [2.75, 3.05) is 0 Å². The fourth-order valence-electron chi connectivity index (χ4n) is 0.676. The lowest BCUT2D eigenvalue weighted by Crippen LogP contribution is -2.30. The SMILES string of the molecule is CC(C)CC(N)C(=O)N=O. The summed E-state index contributed by atoms with van der Waals surface area (Å²) in [4.78, 5) is 20.1. The Labute approximate surface area is 59.8 Å². The number of carbonyl (C=O) groups is 1. The second-order valence-electron chi connectivity index (χ2n) is 2.67. The zero-order chi connectivity index (χ0) is 8.15. The summed E-state index contributed by atoms with van der Waals surface area (Å²) in [5.74, 6) is -0.436. The third kappa shape index (κ3) is 3.29. The molecular formula is C6H12N2O2. The van der Waals surface area contributed by atoms with E-state index in [0.29, 0.717) is 12.3 Å². The van der Waals surface area contributed by atoms with Crippen LogP contribution in [0.4, 0.5) is 0 Å². The van der Waals surface area contributed by atoms with E-state index < -0.39 is 11.9 Å². The zero-order valence-electron chi connectivity index (χ0n) is 6.20. The molecule has 0 aliphatic rings. The molecule has 0 aliphatic carbocycles. The van der Waals surface area contributed by atoms with E-state index in [9.17, 15) is 9.70 Å². The molecule has 4 nitrogen and oxygen atoms in total. The first kappa shape index (κ1) is 9.23. The van der Waals surface area contributed by atoms with Gasteiger partial charge >= 0.3 is 5.91 Å². The molecule has 1 unspecified atom stereocenters. The van der Waals surface area contributed by atoms with Gasteiger partial charge in [0.25, 0.3) is 0 Å². The van der Waals surface area contributed by atoms with Crippen molar-refractivity contribution >= 4 is 5.91 Å². The van der Waals surface area contributed by atoms with Crippen molar-refractivity contribution in [1.82, 2.24) is 0 Å². The standard InChI is InChI=1S/C6H12N2O2/c1-4(2)3-5(7)6(9)8-10/h4-5H,3,7H2,1-2H3. The van der Waals surface area contributed by atoms with E-state index in [1.54, 1.807) is 0 Å². The van der Waals surface area contributed by atoms with Gasteiger partial charge < -0.3 is 5.73 Å². The predicted octanol–water partition coefficient (Wildman–Crippen LogP) is 0.653. The molecule has 0 aromatic rings. The van der Waals surface area contributed by atoms with Crippen LogP contribution in [0.1, 0.15) is 20.3 Å². The molecule has 10 heavy (non-hydrogen) atoms. The Morgan fingerprint density at radius 2 is 2.10 bits per heavy atom. The number of amides is 1. The van der Waals surface area contributed by atoms with Crippen LogP contribution in [0, 0.1) is 10.8 Å². The van der Waals surface area contributed by atoms with E-state index >= 15 is 0 Å². The first-order valence-corrected chi connectivity index (χ1v) is 3.20. The minimum Gasteiger partial charge on any atom is -0.320 e. The first-order valence-electron chi connectivity index (χ1n) is 3.20. The summed E-state index contributed by atoms with van der Waals surface area (Å²) in [6, 6.07) is -0.711. The quantitative estimate of drug-likeness (QED) is 0.591. The monoisotopic (exact) mass is 144 g/mol. The molecule has 1 atom stereocenters. The van der Waals surface area contributed by atoms with Crippen LogP contribution in [-0.2, 0) is 4.79 Å². The van der Waals surface area contributed by atoms with Crippen molar-refractivity contribution in [3.05, 3.63) is 4.91 Å². The Morgan fingerprint density at radius 1 is 1.60 bits per heavy atom. The van der Waals surface area contributed by atoms with E-state index in [-0.39, 0.29) is 0 Å². The number of hydrogen-bond donors (Lipinski definition) is 1. The molecule has 0 rings (SSSR count). The third-order valence-corrected chi connectivity index (χ3v) is 1.13. The summed E-state index contributed by atoms with van der Waals surface area (Å²) in [5, 5.41) is 2.23. The maximum atomic E-state index is 10.4. The van der Waals surface area contributed by atoms with Crippen LogP contribution in [0.3, 0.4) is 0 Å². The lowest BCUT2D eigenvalue weighted by atomic mass is 10.0. The van der Waals surface area contributed by atoms with Gasteiger partial charge in [-0.15, -0.1) is 4.91 Å². The van der Waals surface area contributed by atoms with E-state index in [1.165, 1.54) is 0 Å². The van der Waals surface area contributed by atoms with Crippen LogP contribution < -0.4 is 5.73 Å². The number of nitroso groups, excluding NO2 is 1. The summed E-state index contributed by atoms with van der Waals surface area (Å²) in [6.45, 7) is 3.86. The Balaban J connectivity index is 3.72. The van der Waals surface area contributed by atoms with Crippen molar-refractivity contribution in [2.45, 2.75) is 26.3 Å². The highest BCUT2D eigenvalue weighted by Crippen LogP contribution is 2.03. The number of nitrogens with zero attached hydrogens (tertiary/aromatic N) is 1. The van der Waals surface area contributed by atoms with Crippen molar-refractivity contribution in [3.8, 4) is 0 Å². The Bertz CT molecular complexity index is 134. The van der Waals surface area contributed by atoms with Gasteiger partial charge in [-0.3, -0.25) is 4.79 Å². The van der Waals surface area contributed by atoms with Crippen molar-refractivity contribution < 1.29 is 4.79 Å². The average Bonchev–Trinajstić information content (AvgIpc) is 1.85. The molecule has 0 bridgehead atoms. The molecule has 4 heteroatoms. The summed E-state index contributed by atoms with van der Waals surface area (Å²) >= 11 is 0. The van der Waals surface area contributed by atoms with E-state index in [0.717, 1.165) is 0 Å². The van der Waals surface area contributed by atoms with E-state index in [2.05, 4.69) is 5.18 Å². The molecule has 0 heterocycles. The lowest BCUT2D eigenvalue weighted by Gasteiger charge is -2.07. The molecule has 0 fully saturated rings. The van der Waals surface area contributed by atoms with Gasteiger partial charge in [0.05, 0.1) is 6.04 Å². The molecule has 58 valence electrons. The van der Waals surface area contributed by atoms with Gasteiger partial charge in [0, 0.05) is 5.18 Å². The maximum absolute atomic E-state index is 10.4. The summed E-state index contributed by atoms with van der Waals surface area (Å²) in [5.41, 5.74) is 5.29. The van der Waals surface area contributed by atoms with Gasteiger partial charge in [-0.25, -0.2) is 0 Å². The molecule has 0 spiro atoms. The highest BCUT2D eigenvalue weighted by molar-refractivity contribution is 5.81. The largest absolute Gasteiger partial charge is 0.320 e. The van der Waals surface area contributed by atoms with Crippen molar-refractivity contribution in [3.63, 3.8) is 0 Å². The van der Waals surface area contributed by atoms with Crippen molar-refractivity contribution in [1.29, 1.82) is 0 Å². The highest BCUT2D eigenvalue weighted by atomic mass is 16.3. The van der Waals surface area contributed by atoms with Crippen LogP contribution in [0.5, 0.6) is 0 Å². The summed E-state index contributed by atoms with van der Waals surface area (Å²) in [6.07, 6.45) is 0.518. The third-order valence-electron chi connectivity index (χ3n) is 1.13. The fraction of sp³-hybridized carbons (Fsp3) is 0.833. The second-order valence-corrected chi connectivity index (χ2v) is 2.67. The van der Waals surface area contributed by atoms with E-state index in [1.807, 2.05) is 13.8 Å². The summed E-state index contributed by atoms with van der Waals surface area (Å²) in [7, 11) is 0. The second kappa shape index (κ2) is 4.11. The minimum atomic E-state index is -0.756. The number of rotatable bonds is 3. The number of nitrogens with two attached hydrogens (primary N) is 1. The summed E-state index contributed by atoms with van der Waals surface area (Å²) < 4.78 is 0. The number of hydrogen-bond acceptors (Lipinski definition) is 3. The maximum Gasteiger partial charge on any atom is 0.302 e. The van der Waals surface area contributed by atoms with Gasteiger partial charge in [0.1, 0.15) is 0 Å². The lowest BCUT2D eigenvalue weighted by molar-refractivity contribution is -0.119. The van der Waals surface area contributed by atoms with Crippen LogP contribution >= 0.6 is 0 Å². The molecule has 1 amide bonds. The van der Waals surface area contributed by atoms with E-state index in [4.69, 9.17) is 5.73 Å². The van der Waals surface area contributed by atoms with Crippen LogP contribution in [0.25, 0.3) is 0 Å². The van der Waals surface area contributed by atoms with Crippen LogP contribution in [0.2, 0.25) is 0 Å². The molecular weight excluding hydrogens is 132 g/mol. The fourth-order valence-corrected chi connectivity index (χ4v) is 0.676. The molecule has 0 saturated carbocycles. The zero-order valence-corrected chi connectivity index (χ0v) is 6.20. The molecule has 0 aliphatic heterocycles. The molecule has 0 aromatic carbocycles. The molecule has 0 aromatic heterocycles. The topological polar surface area (TPSA) is 72.5 Å². The first-order chi connectivity index (χ1) is 4.57. The van der Waals surface area contributed by atoms with Gasteiger partial charge in [0.2, 0.25) is 0 Å². The van der Waals surface area contributed by atoms with Gasteiger partial charge in [0.15, 0.2) is 0 Å². The van der Waals surface area contributed by atoms with Gasteiger partial charge in [-0.2, -0.15) is 0 Å². The van der Waals surface area contributed by atoms with Gasteiger partial charge in [-0.05, 0) is 12.3 Å². The van der Waals surface area contributed by atoms with Crippen LogP contribution in [0.15, 0.2) is 5.18 Å². The Morgan fingerprint density at radius 3 is 2.40 bits per heavy atom. The highest BCUT2D eigenvalue weighted by Gasteiger charge is 2.14. The average molecular weight is 144 g/mol. The van der Waals surface area contributed by atoms with Crippen LogP contribution in [-0.4, -0.2) is 11.9 Å². The molecule has 2 N–H and O–H groups in total. The smallest absolute Gasteiger partial charge is 0.302 e. The van der Waals surface area contributed by atoms with Gasteiger partial charge in [-0.1, -0.05) is 13.8 Å². The molecule has 0 saturated heterocycles. The minimum absolute atomic E-state index is 0.320. The van der Waals surface area contributed by atoms with Crippen molar-refractivity contribution in [2.24, 2.45) is 16.8 Å². The Hall–Kier alpha value is -0.770.